The molecule has 0 amide bonds. The zero-order valence-corrected chi connectivity index (χ0v) is 13.2. The van der Waals surface area contributed by atoms with Crippen LogP contribution in [-0.2, 0) is 19.0 Å². The van der Waals surface area contributed by atoms with E-state index in [1.54, 1.807) is 14.0 Å². The third kappa shape index (κ3) is 8.78. The molecule has 0 radical (unpaired) electrons. The second-order valence-electron chi connectivity index (χ2n) is 6.03. The van der Waals surface area contributed by atoms with Gasteiger partial charge in [-0.3, -0.25) is 0 Å². The van der Waals surface area contributed by atoms with Gasteiger partial charge in [-0.2, -0.15) is 0 Å². The first kappa shape index (κ1) is 18.1. The Bertz CT molecular complexity index is 305. The number of esters is 1. The minimum absolute atomic E-state index is 0.232. The molecule has 0 aliphatic rings. The molecule has 4 nitrogen and oxygen atoms in total. The van der Waals surface area contributed by atoms with Gasteiger partial charge in [-0.05, 0) is 41.0 Å². The van der Waals surface area contributed by atoms with Gasteiger partial charge in [0.15, 0.2) is 0 Å². The summed E-state index contributed by atoms with van der Waals surface area (Å²) in [6, 6.07) is 0. The smallest absolute Gasteiger partial charge is 0.333 e. The molecule has 0 atom stereocenters. The lowest BCUT2D eigenvalue weighted by molar-refractivity contribution is -0.154. The van der Waals surface area contributed by atoms with Gasteiger partial charge in [-0.1, -0.05) is 6.58 Å². The molecule has 0 aromatic carbocycles. The molecule has 0 saturated heterocycles. The number of ether oxygens (including phenoxy) is 3. The molecule has 0 N–H and O–H groups in total. The van der Waals surface area contributed by atoms with E-state index in [9.17, 15) is 4.79 Å². The van der Waals surface area contributed by atoms with Crippen molar-refractivity contribution < 1.29 is 19.0 Å². The van der Waals surface area contributed by atoms with Crippen molar-refractivity contribution >= 4 is 5.97 Å². The van der Waals surface area contributed by atoms with Crippen LogP contribution in [0.2, 0.25) is 0 Å². The predicted molar refractivity (Wildman–Crippen MR) is 76.1 cm³/mol. The molecule has 0 rings (SSSR count). The Labute approximate surface area is 117 Å². The van der Waals surface area contributed by atoms with Gasteiger partial charge in [-0.25, -0.2) is 4.79 Å². The fraction of sp³-hybridized carbons (Fsp3) is 0.800. The summed E-state index contributed by atoms with van der Waals surface area (Å²) in [5, 5.41) is 0. The maximum absolute atomic E-state index is 11.5. The van der Waals surface area contributed by atoms with Crippen molar-refractivity contribution in [1.29, 1.82) is 0 Å². The summed E-state index contributed by atoms with van der Waals surface area (Å²) in [5.41, 5.74) is -0.368. The first-order chi connectivity index (χ1) is 8.59. The van der Waals surface area contributed by atoms with E-state index >= 15 is 0 Å². The Balaban J connectivity index is 4.10. The molecule has 0 fully saturated rings. The van der Waals surface area contributed by atoms with Crippen LogP contribution in [0.5, 0.6) is 0 Å². The maximum atomic E-state index is 11.5. The molecular formula is C15H28O4. The van der Waals surface area contributed by atoms with Crippen LogP contribution in [0.3, 0.4) is 0 Å². The summed E-state index contributed by atoms with van der Waals surface area (Å²) in [4.78, 5) is 11.5. The van der Waals surface area contributed by atoms with Gasteiger partial charge in [0, 0.05) is 25.7 Å². The Morgan fingerprint density at radius 2 is 1.58 bits per heavy atom. The second-order valence-corrected chi connectivity index (χ2v) is 6.03. The lowest BCUT2D eigenvalue weighted by Crippen LogP contribution is -2.33. The van der Waals surface area contributed by atoms with Crippen LogP contribution in [0.25, 0.3) is 0 Å². The van der Waals surface area contributed by atoms with Gasteiger partial charge >= 0.3 is 5.97 Å². The van der Waals surface area contributed by atoms with Crippen LogP contribution in [-0.4, -0.2) is 37.5 Å². The molecule has 0 aliphatic heterocycles. The van der Waals surface area contributed by atoms with Crippen LogP contribution in [0.15, 0.2) is 12.2 Å². The summed E-state index contributed by atoms with van der Waals surface area (Å²) in [6.07, 6.45) is 1.47. The largest absolute Gasteiger partial charge is 0.456 e. The van der Waals surface area contributed by atoms with E-state index in [1.165, 1.54) is 0 Å². The first-order valence-corrected chi connectivity index (χ1v) is 6.61. The van der Waals surface area contributed by atoms with E-state index in [1.807, 2.05) is 27.7 Å². The molecule has 4 heteroatoms. The van der Waals surface area contributed by atoms with E-state index in [0.717, 1.165) is 6.42 Å². The molecule has 0 heterocycles. The van der Waals surface area contributed by atoms with E-state index in [-0.39, 0.29) is 11.6 Å². The van der Waals surface area contributed by atoms with Gasteiger partial charge in [0.2, 0.25) is 0 Å². The van der Waals surface area contributed by atoms with E-state index < -0.39 is 5.60 Å². The lowest BCUT2D eigenvalue weighted by Gasteiger charge is -2.29. The summed E-state index contributed by atoms with van der Waals surface area (Å²) in [5.74, 6) is -0.358. The Morgan fingerprint density at radius 1 is 1.05 bits per heavy atom. The van der Waals surface area contributed by atoms with Crippen LogP contribution in [0, 0.1) is 0 Å². The normalized spacial score (nSPS) is 12.3. The molecule has 0 spiro atoms. The number of carbonyl (C=O) groups excluding carboxylic acids is 1. The van der Waals surface area contributed by atoms with Crippen molar-refractivity contribution in [3.8, 4) is 0 Å². The minimum Gasteiger partial charge on any atom is -0.456 e. The molecule has 0 bridgehead atoms. The molecular weight excluding hydrogens is 244 g/mol. The molecule has 19 heavy (non-hydrogen) atoms. The third-order valence-corrected chi connectivity index (χ3v) is 2.82. The highest BCUT2D eigenvalue weighted by molar-refractivity contribution is 5.87. The van der Waals surface area contributed by atoms with Gasteiger partial charge in [0.25, 0.3) is 0 Å². The molecule has 0 aliphatic carbocycles. The number of rotatable bonds is 9. The SMILES string of the molecule is C=C(C)C(=O)OC(C)(C)CCOC(C)(C)CCOC. The fourth-order valence-corrected chi connectivity index (χ4v) is 1.38. The Hall–Kier alpha value is -0.870. The monoisotopic (exact) mass is 272 g/mol. The molecule has 112 valence electrons. The minimum atomic E-state index is -0.548. The van der Waals surface area contributed by atoms with Gasteiger partial charge in [-0.15, -0.1) is 0 Å². The summed E-state index contributed by atoms with van der Waals surface area (Å²) >= 11 is 0. The highest BCUT2D eigenvalue weighted by Crippen LogP contribution is 2.20. The highest BCUT2D eigenvalue weighted by Gasteiger charge is 2.25. The van der Waals surface area contributed by atoms with Crippen molar-refractivity contribution in [3.05, 3.63) is 12.2 Å². The van der Waals surface area contributed by atoms with Crippen molar-refractivity contribution in [2.24, 2.45) is 0 Å². The van der Waals surface area contributed by atoms with Gasteiger partial charge in [0.05, 0.1) is 12.2 Å². The zero-order valence-electron chi connectivity index (χ0n) is 13.2. The number of hydrogen-bond acceptors (Lipinski definition) is 4. The van der Waals surface area contributed by atoms with Crippen molar-refractivity contribution in [2.75, 3.05) is 20.3 Å². The van der Waals surface area contributed by atoms with E-state index in [0.29, 0.717) is 25.2 Å². The molecule has 0 aromatic rings. The van der Waals surface area contributed by atoms with E-state index in [2.05, 4.69) is 6.58 Å². The van der Waals surface area contributed by atoms with E-state index in [4.69, 9.17) is 14.2 Å². The lowest BCUT2D eigenvalue weighted by atomic mass is 10.0. The molecule has 0 saturated carbocycles. The third-order valence-electron chi connectivity index (χ3n) is 2.82. The molecule has 0 aromatic heterocycles. The number of carbonyl (C=O) groups is 1. The van der Waals surface area contributed by atoms with Crippen molar-refractivity contribution in [3.63, 3.8) is 0 Å². The zero-order chi connectivity index (χ0) is 15.1. The number of hydrogen-bond donors (Lipinski definition) is 0. The maximum Gasteiger partial charge on any atom is 0.333 e. The summed E-state index contributed by atoms with van der Waals surface area (Å²) in [6.45, 7) is 14.2. The summed E-state index contributed by atoms with van der Waals surface area (Å²) in [7, 11) is 1.68. The van der Waals surface area contributed by atoms with Crippen LogP contribution >= 0.6 is 0 Å². The van der Waals surface area contributed by atoms with Gasteiger partial charge < -0.3 is 14.2 Å². The average molecular weight is 272 g/mol. The second kappa shape index (κ2) is 7.65. The Kier molecular flexibility index (Phi) is 7.30. The van der Waals surface area contributed by atoms with Gasteiger partial charge in [0.1, 0.15) is 5.60 Å². The van der Waals surface area contributed by atoms with Crippen LogP contribution in [0.1, 0.15) is 47.5 Å². The Morgan fingerprint density at radius 3 is 2.05 bits per heavy atom. The van der Waals surface area contributed by atoms with Crippen molar-refractivity contribution in [1.82, 2.24) is 0 Å². The fourth-order valence-electron chi connectivity index (χ4n) is 1.38. The van der Waals surface area contributed by atoms with Crippen LogP contribution in [0.4, 0.5) is 0 Å². The predicted octanol–water partition coefficient (Wildman–Crippen LogP) is 3.11. The highest BCUT2D eigenvalue weighted by atomic mass is 16.6. The topological polar surface area (TPSA) is 44.8 Å². The standard InChI is InChI=1S/C15H28O4/c1-12(2)13(16)19-15(5,6)9-11-18-14(3,4)8-10-17-7/h1,8-11H2,2-7H3. The molecule has 0 unspecified atom stereocenters. The van der Waals surface area contributed by atoms with Crippen LogP contribution < -0.4 is 0 Å². The quantitative estimate of drug-likeness (QED) is 0.478. The van der Waals surface area contributed by atoms with Crippen molar-refractivity contribution in [2.45, 2.75) is 58.7 Å². The number of methoxy groups -OCH3 is 1. The average Bonchev–Trinajstić information content (AvgIpc) is 2.25. The summed E-state index contributed by atoms with van der Waals surface area (Å²) < 4.78 is 16.2. The first-order valence-electron chi connectivity index (χ1n) is 6.61.